The average molecular weight is 205 g/mol. The molecule has 1 heterocycles. The first-order chi connectivity index (χ1) is 7.00. The molecule has 1 aromatic heterocycles. The molecule has 0 spiro atoms. The molecule has 0 bridgehead atoms. The molecule has 2 nitrogen and oxygen atoms in total. The van der Waals surface area contributed by atoms with E-state index in [-0.39, 0.29) is 17.4 Å². The molecule has 2 heteroatoms. The molecular formula is C13H19NO. The van der Waals surface area contributed by atoms with Gasteiger partial charge in [-0.15, -0.1) is 0 Å². The highest BCUT2D eigenvalue weighted by atomic mass is 16.3. The number of hydrogen-bond donors (Lipinski definition) is 1. The minimum Gasteiger partial charge on any atom is -0.392 e. The summed E-state index contributed by atoms with van der Waals surface area (Å²) in [6.07, 6.45) is 3.62. The van der Waals surface area contributed by atoms with Crippen molar-refractivity contribution in [1.82, 2.24) is 4.98 Å². The van der Waals surface area contributed by atoms with Gasteiger partial charge in [0.15, 0.2) is 0 Å². The third kappa shape index (κ3) is 1.91. The number of rotatable bonds is 1. The fourth-order valence-corrected chi connectivity index (χ4v) is 2.35. The second-order valence-corrected chi connectivity index (χ2v) is 5.50. The van der Waals surface area contributed by atoms with Crippen LogP contribution in [0.15, 0.2) is 18.3 Å². The molecule has 15 heavy (non-hydrogen) atoms. The fourth-order valence-electron chi connectivity index (χ4n) is 2.35. The number of hydrogen-bond acceptors (Lipinski definition) is 2. The maximum atomic E-state index is 10.3. The molecule has 0 aromatic carbocycles. The number of aliphatic hydroxyl groups is 1. The van der Waals surface area contributed by atoms with Crippen molar-refractivity contribution in [3.05, 3.63) is 29.6 Å². The summed E-state index contributed by atoms with van der Waals surface area (Å²) in [6, 6.07) is 4.10. The Labute approximate surface area is 91.4 Å². The minimum atomic E-state index is -0.298. The van der Waals surface area contributed by atoms with E-state index in [9.17, 15) is 5.11 Å². The summed E-state index contributed by atoms with van der Waals surface area (Å²) in [5.74, 6) is 0.223. The summed E-state index contributed by atoms with van der Waals surface area (Å²) >= 11 is 0. The number of aryl methyl sites for hydroxylation is 1. The molecule has 1 N–H and O–H groups in total. The lowest BCUT2D eigenvalue weighted by molar-refractivity contribution is 0.0379. The Morgan fingerprint density at radius 2 is 2.20 bits per heavy atom. The molecule has 82 valence electrons. The normalized spacial score (nSPS) is 22.5. The van der Waals surface area contributed by atoms with Crippen molar-refractivity contribution in [2.24, 2.45) is 5.41 Å². The lowest BCUT2D eigenvalue weighted by atomic mass is 9.80. The van der Waals surface area contributed by atoms with Crippen LogP contribution in [0.2, 0.25) is 0 Å². The van der Waals surface area contributed by atoms with Crippen LogP contribution in [-0.4, -0.2) is 16.2 Å². The van der Waals surface area contributed by atoms with E-state index < -0.39 is 0 Å². The zero-order valence-electron chi connectivity index (χ0n) is 9.70. The maximum absolute atomic E-state index is 10.3. The first-order valence-electron chi connectivity index (χ1n) is 5.62. The van der Waals surface area contributed by atoms with Crippen LogP contribution in [0.1, 0.15) is 44.4 Å². The monoisotopic (exact) mass is 205 g/mol. The van der Waals surface area contributed by atoms with Crippen LogP contribution in [0.25, 0.3) is 0 Å². The van der Waals surface area contributed by atoms with Gasteiger partial charge in [0.25, 0.3) is 0 Å². The van der Waals surface area contributed by atoms with Crippen LogP contribution in [0.3, 0.4) is 0 Å². The van der Waals surface area contributed by atoms with Crippen LogP contribution in [0, 0.1) is 5.41 Å². The molecule has 0 saturated carbocycles. The molecule has 1 aliphatic rings. The number of nitrogens with zero attached hydrogens (tertiary/aromatic N) is 1. The zero-order valence-corrected chi connectivity index (χ0v) is 9.70. The van der Waals surface area contributed by atoms with Crippen LogP contribution < -0.4 is 0 Å². The highest BCUT2D eigenvalue weighted by Crippen LogP contribution is 2.39. The quantitative estimate of drug-likeness (QED) is 0.764. The second-order valence-electron chi connectivity index (χ2n) is 5.50. The third-order valence-corrected chi connectivity index (χ3v) is 3.27. The largest absolute Gasteiger partial charge is 0.392 e. The lowest BCUT2D eigenvalue weighted by Crippen LogP contribution is -2.31. The van der Waals surface area contributed by atoms with Crippen LogP contribution in [0.4, 0.5) is 0 Å². The van der Waals surface area contributed by atoms with E-state index in [1.165, 1.54) is 5.56 Å². The molecule has 0 fully saturated rings. The van der Waals surface area contributed by atoms with Gasteiger partial charge in [0.2, 0.25) is 0 Å². The molecule has 0 saturated heterocycles. The highest BCUT2D eigenvalue weighted by molar-refractivity contribution is 5.29. The van der Waals surface area contributed by atoms with E-state index in [1.54, 1.807) is 0 Å². The van der Waals surface area contributed by atoms with Crippen molar-refractivity contribution in [1.29, 1.82) is 0 Å². The molecule has 2 unspecified atom stereocenters. The van der Waals surface area contributed by atoms with Crippen LogP contribution in [-0.2, 0) is 6.42 Å². The Hall–Kier alpha value is -0.890. The van der Waals surface area contributed by atoms with Gasteiger partial charge in [0.1, 0.15) is 0 Å². The molecule has 1 aliphatic carbocycles. The van der Waals surface area contributed by atoms with Gasteiger partial charge in [-0.25, -0.2) is 0 Å². The van der Waals surface area contributed by atoms with Crippen molar-refractivity contribution >= 4 is 0 Å². The fraction of sp³-hybridized carbons (Fsp3) is 0.615. The van der Waals surface area contributed by atoms with E-state index in [0.29, 0.717) is 0 Å². The Kier molecular flexibility index (Phi) is 2.55. The summed E-state index contributed by atoms with van der Waals surface area (Å²) in [6.45, 7) is 6.25. The molecule has 1 aromatic rings. The summed E-state index contributed by atoms with van der Waals surface area (Å²) in [4.78, 5) is 4.42. The first kappa shape index (κ1) is 10.6. The number of fused-ring (bicyclic) bond motifs is 1. The van der Waals surface area contributed by atoms with Crippen molar-refractivity contribution in [3.63, 3.8) is 0 Å². The molecular weight excluding hydrogens is 186 g/mol. The molecule has 0 aliphatic heterocycles. The van der Waals surface area contributed by atoms with Gasteiger partial charge >= 0.3 is 0 Å². The van der Waals surface area contributed by atoms with Gasteiger partial charge in [0, 0.05) is 17.8 Å². The highest BCUT2D eigenvalue weighted by Gasteiger charge is 2.36. The van der Waals surface area contributed by atoms with Gasteiger partial charge in [-0.2, -0.15) is 0 Å². The third-order valence-electron chi connectivity index (χ3n) is 3.27. The summed E-state index contributed by atoms with van der Waals surface area (Å²) in [5, 5.41) is 10.3. The summed E-state index contributed by atoms with van der Waals surface area (Å²) in [7, 11) is 0. The SMILES string of the molecule is CC(C)(C)C(O)C1CCc2cccnc21. The maximum Gasteiger partial charge on any atom is 0.0672 e. The Morgan fingerprint density at radius 3 is 2.87 bits per heavy atom. The average Bonchev–Trinajstić information content (AvgIpc) is 2.58. The van der Waals surface area contributed by atoms with Crippen molar-refractivity contribution in [2.45, 2.75) is 45.6 Å². The standard InChI is InChI=1S/C13H19NO/c1-13(2,3)12(15)10-7-6-9-5-4-8-14-11(9)10/h4-5,8,10,12,15H,6-7H2,1-3H3. The van der Waals surface area contributed by atoms with Crippen LogP contribution >= 0.6 is 0 Å². The Morgan fingerprint density at radius 1 is 1.47 bits per heavy atom. The van der Waals surface area contributed by atoms with Crippen molar-refractivity contribution < 1.29 is 5.11 Å². The van der Waals surface area contributed by atoms with Gasteiger partial charge in [0.05, 0.1) is 6.10 Å². The topological polar surface area (TPSA) is 33.1 Å². The lowest BCUT2D eigenvalue weighted by Gasteiger charge is -2.30. The Balaban J connectivity index is 2.28. The molecule has 0 amide bonds. The van der Waals surface area contributed by atoms with E-state index in [0.717, 1.165) is 18.5 Å². The van der Waals surface area contributed by atoms with E-state index in [2.05, 4.69) is 31.8 Å². The van der Waals surface area contributed by atoms with Gasteiger partial charge < -0.3 is 5.11 Å². The second kappa shape index (κ2) is 3.60. The van der Waals surface area contributed by atoms with Crippen LogP contribution in [0.5, 0.6) is 0 Å². The molecule has 2 atom stereocenters. The molecule has 0 radical (unpaired) electrons. The predicted octanol–water partition coefficient (Wildman–Crippen LogP) is 2.52. The summed E-state index contributed by atoms with van der Waals surface area (Å²) < 4.78 is 0. The number of aromatic nitrogens is 1. The molecule has 2 rings (SSSR count). The van der Waals surface area contributed by atoms with Gasteiger partial charge in [-0.3, -0.25) is 4.98 Å². The zero-order chi connectivity index (χ0) is 11.1. The van der Waals surface area contributed by atoms with Crippen molar-refractivity contribution in [2.75, 3.05) is 0 Å². The van der Waals surface area contributed by atoms with Gasteiger partial charge in [-0.05, 0) is 29.9 Å². The first-order valence-corrected chi connectivity index (χ1v) is 5.62. The van der Waals surface area contributed by atoms with E-state index in [4.69, 9.17) is 0 Å². The van der Waals surface area contributed by atoms with Crippen molar-refractivity contribution in [3.8, 4) is 0 Å². The van der Waals surface area contributed by atoms with E-state index in [1.807, 2.05) is 12.3 Å². The van der Waals surface area contributed by atoms with E-state index >= 15 is 0 Å². The smallest absolute Gasteiger partial charge is 0.0672 e. The predicted molar refractivity (Wildman–Crippen MR) is 60.8 cm³/mol. The summed E-state index contributed by atoms with van der Waals surface area (Å²) in [5.41, 5.74) is 2.36. The van der Waals surface area contributed by atoms with Gasteiger partial charge in [-0.1, -0.05) is 26.8 Å². The number of aliphatic hydroxyl groups excluding tert-OH is 1. The minimum absolute atomic E-state index is 0.0657. The Bertz CT molecular complexity index is 354. The number of pyridine rings is 1.